The van der Waals surface area contributed by atoms with Gasteiger partial charge < -0.3 is 15.0 Å². The number of nitrogens with one attached hydrogen (secondary N) is 1. The average molecular weight is 395 g/mol. The van der Waals surface area contributed by atoms with Crippen molar-refractivity contribution >= 4 is 34.8 Å². The quantitative estimate of drug-likeness (QED) is 0.662. The van der Waals surface area contributed by atoms with Crippen molar-refractivity contribution in [2.45, 2.75) is 0 Å². The largest absolute Gasteiger partial charge is 0.484 e. The Hall–Kier alpha value is -3.31. The van der Waals surface area contributed by atoms with Gasteiger partial charge in [-0.1, -0.05) is 35.9 Å². The molecule has 3 aromatic rings. The van der Waals surface area contributed by atoms with Crippen molar-refractivity contribution in [2.75, 3.05) is 23.9 Å². The first-order valence-corrected chi connectivity index (χ1v) is 9.02. The van der Waals surface area contributed by atoms with Gasteiger partial charge in [-0.25, -0.2) is 0 Å². The van der Waals surface area contributed by atoms with Crippen LogP contribution in [0.2, 0.25) is 5.02 Å². The van der Waals surface area contributed by atoms with Crippen molar-refractivity contribution in [3.8, 4) is 5.75 Å². The van der Waals surface area contributed by atoms with Gasteiger partial charge in [0.25, 0.3) is 11.8 Å². The monoisotopic (exact) mass is 394 g/mol. The van der Waals surface area contributed by atoms with Crippen molar-refractivity contribution in [2.24, 2.45) is 0 Å². The van der Waals surface area contributed by atoms with Gasteiger partial charge in [-0.05, 0) is 54.6 Å². The fourth-order valence-electron chi connectivity index (χ4n) is 2.57. The molecule has 0 aliphatic rings. The number of carbonyl (C=O) groups is 2. The Kier molecular flexibility index (Phi) is 6.29. The van der Waals surface area contributed by atoms with Gasteiger partial charge in [0.2, 0.25) is 0 Å². The predicted octanol–water partition coefficient (Wildman–Crippen LogP) is 4.63. The number of rotatable bonds is 6. The summed E-state index contributed by atoms with van der Waals surface area (Å²) in [5.74, 6) is 0.142. The minimum atomic E-state index is -0.289. The zero-order valence-electron chi connectivity index (χ0n) is 15.3. The highest BCUT2D eigenvalue weighted by molar-refractivity contribution is 6.30. The fraction of sp³-hybridized carbons (Fsp3) is 0.0909. The number of amides is 2. The molecule has 5 nitrogen and oxygen atoms in total. The van der Waals surface area contributed by atoms with Crippen LogP contribution in [0.15, 0.2) is 78.9 Å². The van der Waals surface area contributed by atoms with E-state index < -0.39 is 0 Å². The van der Waals surface area contributed by atoms with E-state index in [-0.39, 0.29) is 18.4 Å². The summed E-state index contributed by atoms with van der Waals surface area (Å²) in [6, 6.07) is 22.9. The smallest absolute Gasteiger partial charge is 0.262 e. The molecule has 28 heavy (non-hydrogen) atoms. The van der Waals surface area contributed by atoms with Crippen LogP contribution in [0.5, 0.6) is 5.75 Å². The highest BCUT2D eigenvalue weighted by atomic mass is 35.5. The van der Waals surface area contributed by atoms with E-state index in [2.05, 4.69) is 5.32 Å². The van der Waals surface area contributed by atoms with E-state index in [1.165, 1.54) is 0 Å². The number of hydrogen-bond acceptors (Lipinski definition) is 3. The molecule has 0 fully saturated rings. The molecule has 0 saturated carbocycles. The van der Waals surface area contributed by atoms with E-state index in [4.69, 9.17) is 16.3 Å². The molecular formula is C22H19ClN2O3. The normalized spacial score (nSPS) is 10.2. The van der Waals surface area contributed by atoms with Crippen LogP contribution in [0.3, 0.4) is 0 Å². The Morgan fingerprint density at radius 1 is 0.964 bits per heavy atom. The van der Waals surface area contributed by atoms with E-state index in [1.54, 1.807) is 72.6 Å². The van der Waals surface area contributed by atoms with Crippen LogP contribution in [0.4, 0.5) is 11.4 Å². The van der Waals surface area contributed by atoms with E-state index in [0.29, 0.717) is 22.0 Å². The molecule has 0 spiro atoms. The maximum atomic E-state index is 12.5. The molecule has 0 aromatic heterocycles. The SMILES string of the molecule is CN(C(=O)c1ccccc1)c1ccc(OCC(=O)Nc2cccc(Cl)c2)cc1. The molecule has 142 valence electrons. The highest BCUT2D eigenvalue weighted by Gasteiger charge is 2.13. The molecule has 3 rings (SSSR count). The zero-order valence-corrected chi connectivity index (χ0v) is 16.0. The number of hydrogen-bond donors (Lipinski definition) is 1. The fourth-order valence-corrected chi connectivity index (χ4v) is 2.76. The third kappa shape index (κ3) is 5.11. The second kappa shape index (κ2) is 9.06. The molecule has 1 N–H and O–H groups in total. The maximum Gasteiger partial charge on any atom is 0.262 e. The minimum absolute atomic E-state index is 0.102. The van der Waals surface area contributed by atoms with E-state index in [0.717, 1.165) is 5.69 Å². The molecule has 6 heteroatoms. The predicted molar refractivity (Wildman–Crippen MR) is 111 cm³/mol. The number of nitrogens with zero attached hydrogens (tertiary/aromatic N) is 1. The van der Waals surface area contributed by atoms with E-state index in [9.17, 15) is 9.59 Å². The summed E-state index contributed by atoms with van der Waals surface area (Å²) in [6.07, 6.45) is 0. The molecule has 0 unspecified atom stereocenters. The summed E-state index contributed by atoms with van der Waals surface area (Å²) >= 11 is 5.89. The number of benzene rings is 3. The summed E-state index contributed by atoms with van der Waals surface area (Å²) in [7, 11) is 1.71. The van der Waals surface area contributed by atoms with Gasteiger partial charge in [-0.2, -0.15) is 0 Å². The van der Waals surface area contributed by atoms with Crippen LogP contribution >= 0.6 is 11.6 Å². The van der Waals surface area contributed by atoms with Crippen LogP contribution in [0, 0.1) is 0 Å². The van der Waals surface area contributed by atoms with Gasteiger partial charge in [0.05, 0.1) is 0 Å². The molecule has 0 heterocycles. The number of halogens is 1. The number of carbonyl (C=O) groups excluding carboxylic acids is 2. The Bertz CT molecular complexity index is 959. The van der Waals surface area contributed by atoms with E-state index >= 15 is 0 Å². The second-order valence-corrected chi connectivity index (χ2v) is 6.51. The van der Waals surface area contributed by atoms with Gasteiger partial charge in [0.15, 0.2) is 6.61 Å². The summed E-state index contributed by atoms with van der Waals surface area (Å²) in [4.78, 5) is 26.0. The van der Waals surface area contributed by atoms with Gasteiger partial charge in [-0.15, -0.1) is 0 Å². The Balaban J connectivity index is 1.55. The summed E-state index contributed by atoms with van der Waals surface area (Å²) < 4.78 is 5.50. The van der Waals surface area contributed by atoms with Crippen molar-refractivity contribution in [3.63, 3.8) is 0 Å². The van der Waals surface area contributed by atoms with Crippen LogP contribution < -0.4 is 15.0 Å². The third-order valence-electron chi connectivity index (χ3n) is 4.03. The van der Waals surface area contributed by atoms with Gasteiger partial charge >= 0.3 is 0 Å². The average Bonchev–Trinajstić information content (AvgIpc) is 2.72. The summed E-state index contributed by atoms with van der Waals surface area (Å²) in [5.41, 5.74) is 1.95. The lowest BCUT2D eigenvalue weighted by molar-refractivity contribution is -0.118. The summed E-state index contributed by atoms with van der Waals surface area (Å²) in [5, 5.41) is 3.26. The van der Waals surface area contributed by atoms with Gasteiger partial charge in [-0.3, -0.25) is 9.59 Å². The molecule has 0 radical (unpaired) electrons. The van der Waals surface area contributed by atoms with Crippen LogP contribution in [-0.4, -0.2) is 25.5 Å². The Morgan fingerprint density at radius 2 is 1.68 bits per heavy atom. The minimum Gasteiger partial charge on any atom is -0.484 e. The molecule has 3 aromatic carbocycles. The van der Waals surface area contributed by atoms with Crippen molar-refractivity contribution in [1.29, 1.82) is 0 Å². The van der Waals surface area contributed by atoms with E-state index in [1.807, 2.05) is 18.2 Å². The first-order valence-electron chi connectivity index (χ1n) is 8.64. The van der Waals surface area contributed by atoms with Crippen LogP contribution in [0.25, 0.3) is 0 Å². The van der Waals surface area contributed by atoms with Crippen molar-refractivity contribution in [3.05, 3.63) is 89.4 Å². The van der Waals surface area contributed by atoms with Crippen molar-refractivity contribution in [1.82, 2.24) is 0 Å². The second-order valence-electron chi connectivity index (χ2n) is 6.07. The summed E-state index contributed by atoms with van der Waals surface area (Å²) in [6.45, 7) is -0.134. The first kappa shape index (κ1) is 19.5. The Morgan fingerprint density at radius 3 is 2.36 bits per heavy atom. The lowest BCUT2D eigenvalue weighted by Gasteiger charge is -2.18. The zero-order chi connectivity index (χ0) is 19.9. The van der Waals surface area contributed by atoms with Crippen LogP contribution in [0.1, 0.15) is 10.4 Å². The molecule has 0 atom stereocenters. The highest BCUT2D eigenvalue weighted by Crippen LogP contribution is 2.20. The Labute approximate surface area is 168 Å². The lowest BCUT2D eigenvalue weighted by Crippen LogP contribution is -2.26. The molecule has 0 aliphatic carbocycles. The first-order chi connectivity index (χ1) is 13.5. The molecule has 0 aliphatic heterocycles. The third-order valence-corrected chi connectivity index (χ3v) is 4.26. The van der Waals surface area contributed by atoms with Crippen LogP contribution in [-0.2, 0) is 4.79 Å². The molecular weight excluding hydrogens is 376 g/mol. The number of anilines is 2. The molecule has 0 bridgehead atoms. The standard InChI is InChI=1S/C22H19ClN2O3/c1-25(22(27)16-6-3-2-4-7-16)19-10-12-20(13-11-19)28-15-21(26)24-18-9-5-8-17(23)14-18/h2-14H,15H2,1H3,(H,24,26). The lowest BCUT2D eigenvalue weighted by atomic mass is 10.2. The number of ether oxygens (including phenoxy) is 1. The topological polar surface area (TPSA) is 58.6 Å². The van der Waals surface area contributed by atoms with Gasteiger partial charge in [0.1, 0.15) is 5.75 Å². The van der Waals surface area contributed by atoms with Gasteiger partial charge in [0, 0.05) is 29.0 Å². The molecule has 0 saturated heterocycles. The van der Waals surface area contributed by atoms with Crippen molar-refractivity contribution < 1.29 is 14.3 Å². The maximum absolute atomic E-state index is 12.5. The molecule has 2 amide bonds.